The molecule has 0 saturated heterocycles. The Hall–Kier alpha value is -0.110. The van der Waals surface area contributed by atoms with Crippen molar-refractivity contribution < 1.29 is 4.39 Å². The number of alkyl halides is 1. The second kappa shape index (κ2) is 4.05. The molecule has 2 atom stereocenters. The third-order valence-corrected chi connectivity index (χ3v) is 2.22. The molecule has 0 unspecified atom stereocenters. The van der Waals surface area contributed by atoms with Gasteiger partial charge < -0.3 is 5.32 Å². The van der Waals surface area contributed by atoms with E-state index in [9.17, 15) is 4.39 Å². The largest absolute Gasteiger partial charge is 0.311 e. The highest BCUT2D eigenvalue weighted by Gasteiger charge is 2.25. The van der Waals surface area contributed by atoms with Gasteiger partial charge in [-0.05, 0) is 31.7 Å². The molecule has 1 rings (SSSR count). The van der Waals surface area contributed by atoms with E-state index in [0.717, 1.165) is 25.8 Å². The van der Waals surface area contributed by atoms with Gasteiger partial charge in [-0.2, -0.15) is 0 Å². The zero-order valence-corrected chi connectivity index (χ0v) is 7.44. The molecule has 0 aliphatic heterocycles. The van der Waals surface area contributed by atoms with Crippen molar-refractivity contribution >= 4 is 0 Å². The van der Waals surface area contributed by atoms with E-state index in [0.29, 0.717) is 5.92 Å². The van der Waals surface area contributed by atoms with Crippen LogP contribution < -0.4 is 5.32 Å². The summed E-state index contributed by atoms with van der Waals surface area (Å²) >= 11 is 0. The summed E-state index contributed by atoms with van der Waals surface area (Å²) in [5.41, 5.74) is 0. The van der Waals surface area contributed by atoms with Crippen molar-refractivity contribution in [2.24, 2.45) is 5.92 Å². The number of halogens is 1. The third kappa shape index (κ3) is 2.78. The highest BCUT2D eigenvalue weighted by atomic mass is 19.1. The Morgan fingerprint density at radius 1 is 1.45 bits per heavy atom. The van der Waals surface area contributed by atoms with Gasteiger partial charge >= 0.3 is 0 Å². The Morgan fingerprint density at radius 2 is 2.18 bits per heavy atom. The molecule has 1 nitrogen and oxygen atoms in total. The van der Waals surface area contributed by atoms with Crippen molar-refractivity contribution in [2.75, 3.05) is 6.54 Å². The minimum absolute atomic E-state index is 0.150. The fourth-order valence-corrected chi connectivity index (χ4v) is 1.53. The van der Waals surface area contributed by atoms with Gasteiger partial charge in [0.05, 0.1) is 0 Å². The summed E-state index contributed by atoms with van der Waals surface area (Å²) in [6, 6.07) is 0.150. The van der Waals surface area contributed by atoms with Crippen LogP contribution in [0.5, 0.6) is 0 Å². The molecular formula is C9H18FN. The van der Waals surface area contributed by atoms with E-state index < -0.39 is 6.17 Å². The standard InChI is InChI=1S/C9H18FN/c1-7(2)6-11-9-5-3-4-8(9)10/h7-9,11H,3-6H2,1-2H3/t8-,9+/m1/s1. The molecule has 0 aromatic carbocycles. The van der Waals surface area contributed by atoms with E-state index in [1.165, 1.54) is 0 Å². The predicted octanol–water partition coefficient (Wildman–Crippen LogP) is 2.12. The number of hydrogen-bond acceptors (Lipinski definition) is 1. The molecule has 1 saturated carbocycles. The van der Waals surface area contributed by atoms with E-state index in [-0.39, 0.29) is 6.04 Å². The van der Waals surface area contributed by atoms with Crippen LogP contribution in [0.1, 0.15) is 33.1 Å². The first kappa shape index (κ1) is 8.98. The average Bonchev–Trinajstić information content (AvgIpc) is 2.31. The molecule has 0 radical (unpaired) electrons. The van der Waals surface area contributed by atoms with Crippen LogP contribution in [0.3, 0.4) is 0 Å². The first-order valence-corrected chi connectivity index (χ1v) is 4.57. The fraction of sp³-hybridized carbons (Fsp3) is 1.00. The van der Waals surface area contributed by atoms with Crippen LogP contribution in [0.4, 0.5) is 4.39 Å². The van der Waals surface area contributed by atoms with Crippen molar-refractivity contribution in [3.05, 3.63) is 0 Å². The Balaban J connectivity index is 2.15. The number of rotatable bonds is 3. The summed E-state index contributed by atoms with van der Waals surface area (Å²) in [4.78, 5) is 0. The van der Waals surface area contributed by atoms with Gasteiger partial charge in [-0.3, -0.25) is 0 Å². The van der Waals surface area contributed by atoms with E-state index in [1.807, 2.05) is 0 Å². The molecule has 1 aliphatic carbocycles. The van der Waals surface area contributed by atoms with Gasteiger partial charge in [0, 0.05) is 6.04 Å². The van der Waals surface area contributed by atoms with Crippen molar-refractivity contribution in [2.45, 2.75) is 45.3 Å². The molecule has 1 fully saturated rings. The maximum Gasteiger partial charge on any atom is 0.115 e. The van der Waals surface area contributed by atoms with Gasteiger partial charge in [-0.15, -0.1) is 0 Å². The van der Waals surface area contributed by atoms with Crippen LogP contribution in [-0.2, 0) is 0 Å². The van der Waals surface area contributed by atoms with Gasteiger partial charge in [0.2, 0.25) is 0 Å². The molecule has 0 heterocycles. The van der Waals surface area contributed by atoms with Crippen molar-refractivity contribution in [3.63, 3.8) is 0 Å². The fourth-order valence-electron chi connectivity index (χ4n) is 1.53. The van der Waals surface area contributed by atoms with Crippen LogP contribution in [0.15, 0.2) is 0 Å². The third-order valence-electron chi connectivity index (χ3n) is 2.22. The monoisotopic (exact) mass is 159 g/mol. The predicted molar refractivity (Wildman–Crippen MR) is 45.4 cm³/mol. The summed E-state index contributed by atoms with van der Waals surface area (Å²) in [7, 11) is 0. The van der Waals surface area contributed by atoms with Gasteiger partial charge in [-0.25, -0.2) is 4.39 Å². The Kier molecular flexibility index (Phi) is 3.31. The highest BCUT2D eigenvalue weighted by Crippen LogP contribution is 2.21. The maximum atomic E-state index is 13.0. The Labute approximate surface area is 68.4 Å². The lowest BCUT2D eigenvalue weighted by Gasteiger charge is -2.16. The van der Waals surface area contributed by atoms with Crippen LogP contribution >= 0.6 is 0 Å². The summed E-state index contributed by atoms with van der Waals surface area (Å²) in [5, 5.41) is 3.26. The second-order valence-electron chi connectivity index (χ2n) is 3.86. The van der Waals surface area contributed by atoms with Gasteiger partial charge in [0.15, 0.2) is 0 Å². The van der Waals surface area contributed by atoms with Crippen LogP contribution in [-0.4, -0.2) is 18.8 Å². The normalized spacial score (nSPS) is 31.6. The van der Waals surface area contributed by atoms with Gasteiger partial charge in [0.1, 0.15) is 6.17 Å². The maximum absolute atomic E-state index is 13.0. The lowest BCUT2D eigenvalue weighted by molar-refractivity contribution is 0.274. The Bertz CT molecular complexity index is 114. The van der Waals surface area contributed by atoms with Crippen molar-refractivity contribution in [3.8, 4) is 0 Å². The molecule has 66 valence electrons. The summed E-state index contributed by atoms with van der Waals surface area (Å²) in [6.07, 6.45) is 2.24. The zero-order chi connectivity index (χ0) is 8.27. The quantitative estimate of drug-likeness (QED) is 0.665. The molecule has 2 heteroatoms. The number of hydrogen-bond donors (Lipinski definition) is 1. The van der Waals surface area contributed by atoms with Crippen LogP contribution in [0.25, 0.3) is 0 Å². The smallest absolute Gasteiger partial charge is 0.115 e. The van der Waals surface area contributed by atoms with E-state index >= 15 is 0 Å². The zero-order valence-electron chi connectivity index (χ0n) is 7.44. The Morgan fingerprint density at radius 3 is 2.64 bits per heavy atom. The summed E-state index contributed by atoms with van der Waals surface area (Å²) in [6.45, 7) is 5.25. The topological polar surface area (TPSA) is 12.0 Å². The van der Waals surface area contributed by atoms with E-state index in [2.05, 4.69) is 19.2 Å². The average molecular weight is 159 g/mol. The van der Waals surface area contributed by atoms with Crippen molar-refractivity contribution in [1.82, 2.24) is 5.32 Å². The summed E-state index contributed by atoms with van der Waals surface area (Å²) in [5.74, 6) is 0.628. The first-order valence-electron chi connectivity index (χ1n) is 4.57. The second-order valence-corrected chi connectivity index (χ2v) is 3.86. The van der Waals surface area contributed by atoms with Gasteiger partial charge in [-0.1, -0.05) is 13.8 Å². The number of nitrogens with one attached hydrogen (secondary N) is 1. The van der Waals surface area contributed by atoms with Crippen molar-refractivity contribution in [1.29, 1.82) is 0 Å². The van der Waals surface area contributed by atoms with Crippen LogP contribution in [0.2, 0.25) is 0 Å². The molecule has 1 aliphatic rings. The van der Waals surface area contributed by atoms with Gasteiger partial charge in [0.25, 0.3) is 0 Å². The minimum atomic E-state index is -0.589. The lowest BCUT2D eigenvalue weighted by Crippen LogP contribution is -2.35. The molecule has 0 aromatic rings. The van der Waals surface area contributed by atoms with E-state index in [4.69, 9.17) is 0 Å². The van der Waals surface area contributed by atoms with E-state index in [1.54, 1.807) is 0 Å². The molecule has 0 bridgehead atoms. The molecule has 0 spiro atoms. The molecular weight excluding hydrogens is 141 g/mol. The van der Waals surface area contributed by atoms with Crippen LogP contribution in [0, 0.1) is 5.92 Å². The minimum Gasteiger partial charge on any atom is -0.311 e. The lowest BCUT2D eigenvalue weighted by atomic mass is 10.2. The molecule has 0 aromatic heterocycles. The molecule has 11 heavy (non-hydrogen) atoms. The SMILES string of the molecule is CC(C)CN[C@H]1CCC[C@H]1F. The molecule has 0 amide bonds. The first-order chi connectivity index (χ1) is 5.20. The molecule has 1 N–H and O–H groups in total. The summed E-state index contributed by atoms with van der Waals surface area (Å²) < 4.78 is 13.0. The highest BCUT2D eigenvalue weighted by molar-refractivity contribution is 4.82.